The lowest BCUT2D eigenvalue weighted by molar-refractivity contribution is 0.281. The van der Waals surface area contributed by atoms with Gasteiger partial charge in [-0.3, -0.25) is 4.98 Å². The third-order valence-electron chi connectivity index (χ3n) is 1.29. The van der Waals surface area contributed by atoms with E-state index in [-0.39, 0.29) is 13.2 Å². The summed E-state index contributed by atoms with van der Waals surface area (Å²) in [4.78, 5) is 3.86. The van der Waals surface area contributed by atoms with Gasteiger partial charge in [0.25, 0.3) is 0 Å². The minimum Gasteiger partial charge on any atom is -0.392 e. The number of hydrogen-bond acceptors (Lipinski definition) is 3. The van der Waals surface area contributed by atoms with Crippen molar-refractivity contribution in [1.82, 2.24) is 4.98 Å². The number of rotatable bonds is 1. The lowest BCUT2D eigenvalue weighted by atomic mass is 10.2. The molecule has 2 N–H and O–H groups in total. The van der Waals surface area contributed by atoms with E-state index in [9.17, 15) is 0 Å². The van der Waals surface area contributed by atoms with Crippen LogP contribution in [0.15, 0.2) is 18.5 Å². The molecule has 0 aliphatic heterocycles. The zero-order chi connectivity index (χ0) is 8.81. The molecule has 0 atom stereocenters. The Bertz CT molecular complexity index is 312. The highest BCUT2D eigenvalue weighted by molar-refractivity contribution is 5.33. The summed E-state index contributed by atoms with van der Waals surface area (Å²) in [5, 5.41) is 17.2. The van der Waals surface area contributed by atoms with E-state index in [1.54, 1.807) is 18.5 Å². The summed E-state index contributed by atoms with van der Waals surface area (Å²) >= 11 is 0. The average molecular weight is 163 g/mol. The first-order valence-corrected chi connectivity index (χ1v) is 3.51. The standard InChI is InChI=1S/C9H9NO2/c11-3-1-2-8-4-9(7-12)6-10-5-8/h4-6,11-12H,3,7H2. The van der Waals surface area contributed by atoms with Gasteiger partial charge in [0.05, 0.1) is 6.61 Å². The molecule has 0 aromatic carbocycles. The minimum absolute atomic E-state index is 0.0400. The summed E-state index contributed by atoms with van der Waals surface area (Å²) in [6, 6.07) is 1.73. The minimum atomic E-state index is -0.163. The maximum Gasteiger partial charge on any atom is 0.104 e. The summed E-state index contributed by atoms with van der Waals surface area (Å²) in [6.45, 7) is -0.203. The van der Waals surface area contributed by atoms with Gasteiger partial charge < -0.3 is 10.2 Å². The van der Waals surface area contributed by atoms with E-state index in [0.717, 1.165) is 5.56 Å². The summed E-state index contributed by atoms with van der Waals surface area (Å²) in [5.74, 6) is 5.20. The average Bonchev–Trinajstić information content (AvgIpc) is 2.15. The van der Waals surface area contributed by atoms with E-state index in [1.807, 2.05) is 0 Å². The van der Waals surface area contributed by atoms with Crippen molar-refractivity contribution in [1.29, 1.82) is 0 Å². The van der Waals surface area contributed by atoms with Crippen LogP contribution in [0.3, 0.4) is 0 Å². The fraction of sp³-hybridized carbons (Fsp3) is 0.222. The first-order chi connectivity index (χ1) is 5.86. The first-order valence-electron chi connectivity index (χ1n) is 3.51. The van der Waals surface area contributed by atoms with Crippen molar-refractivity contribution >= 4 is 0 Å². The van der Waals surface area contributed by atoms with Gasteiger partial charge in [-0.1, -0.05) is 11.8 Å². The topological polar surface area (TPSA) is 53.4 Å². The van der Waals surface area contributed by atoms with Crippen molar-refractivity contribution in [3.8, 4) is 11.8 Å². The molecule has 0 fully saturated rings. The molecule has 0 unspecified atom stereocenters. The molecular weight excluding hydrogens is 154 g/mol. The van der Waals surface area contributed by atoms with Gasteiger partial charge in [0, 0.05) is 18.0 Å². The summed E-state index contributed by atoms with van der Waals surface area (Å²) in [5.41, 5.74) is 1.43. The van der Waals surface area contributed by atoms with Crippen LogP contribution in [-0.4, -0.2) is 21.8 Å². The zero-order valence-electron chi connectivity index (χ0n) is 6.49. The van der Waals surface area contributed by atoms with Crippen LogP contribution in [0.1, 0.15) is 11.1 Å². The molecule has 1 aromatic heterocycles. The first kappa shape index (κ1) is 8.72. The fourth-order valence-corrected chi connectivity index (χ4v) is 0.784. The zero-order valence-corrected chi connectivity index (χ0v) is 6.49. The highest BCUT2D eigenvalue weighted by atomic mass is 16.3. The normalized spacial score (nSPS) is 8.83. The molecule has 1 heterocycles. The number of pyridine rings is 1. The largest absolute Gasteiger partial charge is 0.392 e. The van der Waals surface area contributed by atoms with E-state index in [4.69, 9.17) is 10.2 Å². The van der Waals surface area contributed by atoms with Crippen molar-refractivity contribution in [2.45, 2.75) is 6.61 Å². The lowest BCUT2D eigenvalue weighted by Crippen LogP contribution is -1.86. The quantitative estimate of drug-likeness (QED) is 0.569. The third kappa shape index (κ3) is 2.35. The Balaban J connectivity index is 2.86. The van der Waals surface area contributed by atoms with Gasteiger partial charge >= 0.3 is 0 Å². The van der Waals surface area contributed by atoms with Crippen LogP contribution in [0.25, 0.3) is 0 Å². The summed E-state index contributed by atoms with van der Waals surface area (Å²) in [7, 11) is 0. The molecule has 0 amide bonds. The molecule has 0 spiro atoms. The van der Waals surface area contributed by atoms with E-state index >= 15 is 0 Å². The molecule has 0 saturated heterocycles. The van der Waals surface area contributed by atoms with E-state index < -0.39 is 0 Å². The van der Waals surface area contributed by atoms with Gasteiger partial charge in [0.2, 0.25) is 0 Å². The second-order valence-corrected chi connectivity index (χ2v) is 2.20. The number of hydrogen-bond donors (Lipinski definition) is 2. The Morgan fingerprint density at radius 1 is 1.33 bits per heavy atom. The van der Waals surface area contributed by atoms with Crippen molar-refractivity contribution in [2.75, 3.05) is 6.61 Å². The van der Waals surface area contributed by atoms with Gasteiger partial charge in [-0.05, 0) is 11.6 Å². The Morgan fingerprint density at radius 3 is 2.83 bits per heavy atom. The van der Waals surface area contributed by atoms with Crippen molar-refractivity contribution in [2.24, 2.45) is 0 Å². The van der Waals surface area contributed by atoms with Crippen LogP contribution >= 0.6 is 0 Å². The van der Waals surface area contributed by atoms with E-state index in [1.165, 1.54) is 0 Å². The third-order valence-corrected chi connectivity index (χ3v) is 1.29. The Hall–Kier alpha value is -1.37. The van der Waals surface area contributed by atoms with Gasteiger partial charge in [-0.15, -0.1) is 0 Å². The predicted molar refractivity (Wildman–Crippen MR) is 44.1 cm³/mol. The van der Waals surface area contributed by atoms with Gasteiger partial charge in [0.15, 0.2) is 0 Å². The molecule has 3 heteroatoms. The highest BCUT2D eigenvalue weighted by Gasteiger charge is 1.91. The van der Waals surface area contributed by atoms with Gasteiger partial charge in [-0.2, -0.15) is 0 Å². The maximum atomic E-state index is 8.75. The smallest absolute Gasteiger partial charge is 0.104 e. The molecule has 1 rings (SSSR count). The summed E-state index contributed by atoms with van der Waals surface area (Å²) < 4.78 is 0. The maximum absolute atomic E-state index is 8.75. The molecule has 12 heavy (non-hydrogen) atoms. The van der Waals surface area contributed by atoms with Crippen LogP contribution in [0.4, 0.5) is 0 Å². The molecule has 0 bridgehead atoms. The van der Waals surface area contributed by atoms with Gasteiger partial charge in [0.1, 0.15) is 6.61 Å². The number of nitrogens with zero attached hydrogens (tertiary/aromatic N) is 1. The van der Waals surface area contributed by atoms with Crippen molar-refractivity contribution < 1.29 is 10.2 Å². The van der Waals surface area contributed by atoms with E-state index in [0.29, 0.717) is 5.56 Å². The Kier molecular flexibility index (Phi) is 3.27. The van der Waals surface area contributed by atoms with Crippen LogP contribution in [-0.2, 0) is 6.61 Å². The van der Waals surface area contributed by atoms with Crippen molar-refractivity contribution in [3.05, 3.63) is 29.6 Å². The molecular formula is C9H9NO2. The monoisotopic (exact) mass is 163 g/mol. The number of aliphatic hydroxyl groups is 2. The van der Waals surface area contributed by atoms with Crippen LogP contribution < -0.4 is 0 Å². The SMILES string of the molecule is OCC#Cc1cncc(CO)c1. The second kappa shape index (κ2) is 4.50. The Labute approximate surface area is 70.7 Å². The molecule has 1 aromatic rings. The lowest BCUT2D eigenvalue weighted by Gasteiger charge is -1.94. The van der Waals surface area contributed by atoms with E-state index in [2.05, 4.69) is 16.8 Å². The number of aliphatic hydroxyl groups excluding tert-OH is 2. The van der Waals surface area contributed by atoms with Crippen LogP contribution in [0, 0.1) is 11.8 Å². The van der Waals surface area contributed by atoms with Crippen LogP contribution in [0.5, 0.6) is 0 Å². The fourth-order valence-electron chi connectivity index (χ4n) is 0.784. The number of aromatic nitrogens is 1. The molecule has 3 nitrogen and oxygen atoms in total. The molecule has 0 radical (unpaired) electrons. The highest BCUT2D eigenvalue weighted by Crippen LogP contribution is 2.00. The second-order valence-electron chi connectivity index (χ2n) is 2.20. The van der Waals surface area contributed by atoms with Crippen molar-refractivity contribution in [3.63, 3.8) is 0 Å². The molecule has 0 aliphatic rings. The van der Waals surface area contributed by atoms with Gasteiger partial charge in [-0.25, -0.2) is 0 Å². The molecule has 62 valence electrons. The predicted octanol–water partition coefficient (Wildman–Crippen LogP) is -0.0823. The van der Waals surface area contributed by atoms with Crippen LogP contribution in [0.2, 0.25) is 0 Å². The molecule has 0 aliphatic carbocycles. The molecule has 0 saturated carbocycles. The summed E-state index contributed by atoms with van der Waals surface area (Å²) in [6.07, 6.45) is 3.16. The Morgan fingerprint density at radius 2 is 2.17 bits per heavy atom.